The molecular weight excluding hydrogens is 380 g/mol. The number of rotatable bonds is 7. The van der Waals surface area contributed by atoms with Crippen LogP contribution in [0.5, 0.6) is 0 Å². The molecule has 1 amide bonds. The molecule has 4 rings (SSSR count). The molecule has 158 valence electrons. The Morgan fingerprint density at radius 2 is 2.23 bits per heavy atom. The fourth-order valence-electron chi connectivity index (χ4n) is 3.92. The number of nitrogens with one attached hydrogen (secondary N) is 3. The maximum Gasteiger partial charge on any atom is 0.219 e. The van der Waals surface area contributed by atoms with Crippen LogP contribution in [-0.2, 0) is 29.0 Å². The Morgan fingerprint density at radius 1 is 1.40 bits per heavy atom. The number of amides is 1. The molecule has 1 aromatic carbocycles. The molecule has 0 radical (unpaired) electrons. The van der Waals surface area contributed by atoms with Gasteiger partial charge in [0.1, 0.15) is 0 Å². The molecule has 8 heteroatoms. The van der Waals surface area contributed by atoms with Crippen molar-refractivity contribution in [3.8, 4) is 0 Å². The minimum atomic E-state index is 0.0848. The summed E-state index contributed by atoms with van der Waals surface area (Å²) in [7, 11) is 1.82. The molecule has 0 unspecified atom stereocenters. The van der Waals surface area contributed by atoms with Crippen LogP contribution in [0, 0.1) is 11.3 Å². The van der Waals surface area contributed by atoms with E-state index in [9.17, 15) is 4.79 Å². The van der Waals surface area contributed by atoms with Gasteiger partial charge in [0, 0.05) is 74.3 Å². The summed E-state index contributed by atoms with van der Waals surface area (Å²) >= 11 is 0. The van der Waals surface area contributed by atoms with E-state index in [1.807, 2.05) is 36.2 Å². The summed E-state index contributed by atoms with van der Waals surface area (Å²) in [5.41, 5.74) is 4.92. The molecule has 3 N–H and O–H groups in total. The zero-order valence-corrected chi connectivity index (χ0v) is 17.4. The summed E-state index contributed by atoms with van der Waals surface area (Å²) < 4.78 is 7.42. The van der Waals surface area contributed by atoms with Crippen LogP contribution >= 0.6 is 0 Å². The van der Waals surface area contributed by atoms with Gasteiger partial charge in [-0.25, -0.2) is 0 Å². The summed E-state index contributed by atoms with van der Waals surface area (Å²) in [6.45, 7) is 5.31. The number of carbonyl (C=O) groups is 1. The summed E-state index contributed by atoms with van der Waals surface area (Å²) in [5.74, 6) is 1.38. The number of ether oxygens (including phenoxy) is 1. The van der Waals surface area contributed by atoms with E-state index >= 15 is 0 Å². The molecule has 1 saturated heterocycles. The first-order valence-electron chi connectivity index (χ1n) is 10.3. The first-order valence-corrected chi connectivity index (χ1v) is 10.3. The van der Waals surface area contributed by atoms with Crippen molar-refractivity contribution in [3.05, 3.63) is 47.3 Å². The van der Waals surface area contributed by atoms with Gasteiger partial charge in [0.2, 0.25) is 5.91 Å². The highest BCUT2D eigenvalue weighted by atomic mass is 16.5. The number of aromatic nitrogens is 2. The van der Waals surface area contributed by atoms with Gasteiger partial charge in [-0.3, -0.25) is 9.48 Å². The van der Waals surface area contributed by atoms with E-state index in [1.54, 1.807) is 13.1 Å². The Morgan fingerprint density at radius 3 is 2.90 bits per heavy atom. The summed E-state index contributed by atoms with van der Waals surface area (Å²) in [6, 6.07) is 7.93. The van der Waals surface area contributed by atoms with Crippen molar-refractivity contribution >= 4 is 29.2 Å². The summed E-state index contributed by atoms with van der Waals surface area (Å²) in [6.07, 6.45) is 3.94. The first-order chi connectivity index (χ1) is 14.6. The zero-order valence-electron chi connectivity index (χ0n) is 17.4. The Kier molecular flexibility index (Phi) is 5.85. The number of benzene rings is 1. The second-order valence-corrected chi connectivity index (χ2v) is 7.79. The average Bonchev–Trinajstić information content (AvgIpc) is 3.05. The first kappa shape index (κ1) is 20.2. The third kappa shape index (κ3) is 4.09. The van der Waals surface area contributed by atoms with E-state index in [-0.39, 0.29) is 5.91 Å². The van der Waals surface area contributed by atoms with Crippen molar-refractivity contribution in [3.63, 3.8) is 0 Å². The van der Waals surface area contributed by atoms with Crippen LogP contribution in [0.25, 0.3) is 5.57 Å². The second-order valence-electron chi connectivity index (χ2n) is 7.79. The lowest BCUT2D eigenvalue weighted by atomic mass is 10.0. The van der Waals surface area contributed by atoms with Crippen LogP contribution in [-0.4, -0.2) is 53.6 Å². The van der Waals surface area contributed by atoms with Crippen molar-refractivity contribution in [1.82, 2.24) is 20.0 Å². The van der Waals surface area contributed by atoms with Crippen LogP contribution in [0.1, 0.15) is 23.7 Å². The summed E-state index contributed by atoms with van der Waals surface area (Å²) in [4.78, 5) is 13.8. The molecule has 3 heterocycles. The van der Waals surface area contributed by atoms with Gasteiger partial charge >= 0.3 is 0 Å². The Bertz CT molecular complexity index is 976. The Hall–Kier alpha value is -3.13. The third-order valence-electron chi connectivity index (χ3n) is 5.63. The van der Waals surface area contributed by atoms with Gasteiger partial charge in [-0.15, -0.1) is 0 Å². The fraction of sp³-hybridized carbons (Fsp3) is 0.409. The average molecular weight is 409 g/mol. The largest absolute Gasteiger partial charge is 0.393 e. The molecule has 0 spiro atoms. The molecule has 1 fully saturated rings. The topological polar surface area (TPSA) is 95.3 Å². The van der Waals surface area contributed by atoms with Gasteiger partial charge in [0.25, 0.3) is 0 Å². The number of hydrogen-bond donors (Lipinski definition) is 3. The van der Waals surface area contributed by atoms with Crippen molar-refractivity contribution < 1.29 is 9.53 Å². The number of hydrogen-bond acceptors (Lipinski definition) is 6. The van der Waals surface area contributed by atoms with Crippen molar-refractivity contribution in [2.75, 3.05) is 32.1 Å². The molecule has 1 aromatic heterocycles. The molecule has 2 aromatic rings. The van der Waals surface area contributed by atoms with Crippen LogP contribution < -0.4 is 10.6 Å². The lowest BCUT2D eigenvalue weighted by molar-refractivity contribution is -0.129. The molecule has 8 nitrogen and oxygen atoms in total. The van der Waals surface area contributed by atoms with Gasteiger partial charge in [-0.05, 0) is 17.7 Å². The molecule has 2 aliphatic rings. The Labute approximate surface area is 176 Å². The molecule has 0 atom stereocenters. The minimum absolute atomic E-state index is 0.0848. The zero-order chi connectivity index (χ0) is 21.1. The van der Waals surface area contributed by atoms with Gasteiger partial charge in [-0.2, -0.15) is 5.10 Å². The number of fused-ring (bicyclic) bond motifs is 1. The van der Waals surface area contributed by atoms with E-state index in [1.165, 1.54) is 11.9 Å². The maximum absolute atomic E-state index is 12.0. The maximum atomic E-state index is 12.0. The molecule has 0 saturated carbocycles. The fourth-order valence-corrected chi connectivity index (χ4v) is 3.92. The van der Waals surface area contributed by atoms with E-state index in [2.05, 4.69) is 15.3 Å². The normalized spacial score (nSPS) is 16.6. The molecule has 0 bridgehead atoms. The molecule has 0 aliphatic carbocycles. The quantitative estimate of drug-likeness (QED) is 0.612. The van der Waals surface area contributed by atoms with Crippen LogP contribution in [0.4, 0.5) is 11.5 Å². The van der Waals surface area contributed by atoms with E-state index in [0.717, 1.165) is 60.9 Å². The molecular formula is C22H28N6O2. The highest BCUT2D eigenvalue weighted by Crippen LogP contribution is 2.30. The van der Waals surface area contributed by atoms with Crippen molar-refractivity contribution in [1.29, 1.82) is 5.41 Å². The van der Waals surface area contributed by atoms with Gasteiger partial charge in [0.05, 0.1) is 19.8 Å². The van der Waals surface area contributed by atoms with E-state index in [4.69, 9.17) is 15.2 Å². The summed E-state index contributed by atoms with van der Waals surface area (Å²) in [5, 5.41) is 19.0. The smallest absolute Gasteiger partial charge is 0.219 e. The molecule has 2 aliphatic heterocycles. The van der Waals surface area contributed by atoms with E-state index in [0.29, 0.717) is 12.5 Å². The lowest BCUT2D eigenvalue weighted by Crippen LogP contribution is -2.36. The third-order valence-corrected chi connectivity index (χ3v) is 5.63. The van der Waals surface area contributed by atoms with Gasteiger partial charge in [0.15, 0.2) is 5.82 Å². The van der Waals surface area contributed by atoms with Gasteiger partial charge < -0.3 is 25.7 Å². The predicted octanol–water partition coefficient (Wildman–Crippen LogP) is 2.39. The van der Waals surface area contributed by atoms with Gasteiger partial charge in [-0.1, -0.05) is 12.1 Å². The number of anilines is 2. The number of carbonyl (C=O) groups excluding carboxylic acids is 1. The Balaban J connectivity index is 1.64. The van der Waals surface area contributed by atoms with Crippen LogP contribution in [0.15, 0.2) is 30.5 Å². The van der Waals surface area contributed by atoms with Crippen molar-refractivity contribution in [2.24, 2.45) is 5.92 Å². The number of allylic oxidation sites excluding steroid dienone is 1. The minimum Gasteiger partial charge on any atom is -0.393 e. The highest BCUT2D eigenvalue weighted by Gasteiger charge is 2.28. The highest BCUT2D eigenvalue weighted by molar-refractivity contribution is 6.08. The van der Waals surface area contributed by atoms with E-state index < -0.39 is 0 Å². The van der Waals surface area contributed by atoms with Crippen molar-refractivity contribution in [2.45, 2.75) is 26.4 Å². The lowest BCUT2D eigenvalue weighted by Gasteiger charge is -2.29. The van der Waals surface area contributed by atoms with Crippen LogP contribution in [0.3, 0.4) is 0 Å². The van der Waals surface area contributed by atoms with Crippen LogP contribution in [0.2, 0.25) is 0 Å². The monoisotopic (exact) mass is 408 g/mol. The molecule has 30 heavy (non-hydrogen) atoms. The number of nitrogens with zero attached hydrogens (tertiary/aromatic N) is 3. The second kappa shape index (κ2) is 8.71. The standard InChI is InChI=1S/C22H28N6O2/c1-15(29)27-7-6-21-20(12-27)22(26-28(21)11-16-13-30-14-16)25-19-5-3-4-17(8-19)18(9-23)10-24-2/h3-5,8-10,16,23-24H,6-7,11-14H2,1-2H3,(H,25,26)/b18-10+,23-9?. The SMILES string of the molecule is CN/C=C(\C=N)c1cccc(Nc2nn(CC3COC3)c3c2CN(C(C)=O)CC3)c1. The predicted molar refractivity (Wildman–Crippen MR) is 117 cm³/mol.